The second kappa shape index (κ2) is 7.62. The van der Waals surface area contributed by atoms with E-state index >= 15 is 4.39 Å². The molecule has 28 heavy (non-hydrogen) atoms. The van der Waals surface area contributed by atoms with Crippen molar-refractivity contribution >= 4 is 32.6 Å². The van der Waals surface area contributed by atoms with Crippen molar-refractivity contribution in [2.75, 3.05) is 6.54 Å². The fourth-order valence-corrected chi connectivity index (χ4v) is 5.39. The molecule has 0 radical (unpaired) electrons. The van der Waals surface area contributed by atoms with E-state index in [9.17, 15) is 12.8 Å². The summed E-state index contributed by atoms with van der Waals surface area (Å²) < 4.78 is 53.5. The monoisotopic (exact) mass is 518 g/mol. The van der Waals surface area contributed by atoms with E-state index in [0.717, 1.165) is 18.4 Å². The summed E-state index contributed by atoms with van der Waals surface area (Å²) in [6, 6.07) is 13.9. The molecule has 4 rings (SSSR count). The van der Waals surface area contributed by atoms with Gasteiger partial charge in [0.2, 0.25) is 0 Å². The molecule has 1 saturated heterocycles. The average Bonchev–Trinajstić information content (AvgIpc) is 3.39. The zero-order chi connectivity index (χ0) is 19.9. The van der Waals surface area contributed by atoms with E-state index in [1.807, 2.05) is 36.4 Å². The van der Waals surface area contributed by atoms with Crippen LogP contribution in [0.1, 0.15) is 18.4 Å². The molecular weight excluding hydrogens is 497 g/mol. The molecule has 1 heterocycles. The van der Waals surface area contributed by atoms with Crippen molar-refractivity contribution in [2.24, 2.45) is 5.41 Å². The van der Waals surface area contributed by atoms with Gasteiger partial charge >= 0.3 is 0 Å². The van der Waals surface area contributed by atoms with Gasteiger partial charge in [0.1, 0.15) is 5.82 Å². The molecule has 2 fully saturated rings. The Morgan fingerprint density at radius 1 is 1.18 bits per heavy atom. The van der Waals surface area contributed by atoms with Crippen molar-refractivity contribution in [3.8, 4) is 11.1 Å². The van der Waals surface area contributed by atoms with E-state index < -0.39 is 19.6 Å². The van der Waals surface area contributed by atoms with Gasteiger partial charge in [0.15, 0.2) is 0 Å². The second-order valence-electron chi connectivity index (χ2n) is 7.60. The highest BCUT2D eigenvalue weighted by atomic mass is 127. The van der Waals surface area contributed by atoms with Crippen LogP contribution in [0, 0.1) is 11.2 Å². The van der Waals surface area contributed by atoms with Crippen molar-refractivity contribution in [3.05, 3.63) is 59.9 Å². The third-order valence-corrected chi connectivity index (χ3v) is 8.86. The Morgan fingerprint density at radius 3 is 2.54 bits per heavy atom. The number of sulfonamides is 1. The molecule has 2 aliphatic rings. The number of benzene rings is 2. The van der Waals surface area contributed by atoms with Gasteiger partial charge in [-0.15, -0.1) is 0 Å². The standard InChI is InChI=1S/C20H21F2IN2O2S/c21-17-14(7-4-8-15(17)13-5-2-1-3-6-13)11-16-18(20(9-10-20)12-24-16)25-28(26,27)19(22)23/h1-8,16,18-19,24-25H,9-12H2/t16-,18+,19?/m0/s1. The lowest BCUT2D eigenvalue weighted by molar-refractivity contribution is 0.399. The van der Waals surface area contributed by atoms with E-state index in [4.69, 9.17) is 0 Å². The van der Waals surface area contributed by atoms with Gasteiger partial charge in [-0.25, -0.2) is 21.9 Å². The summed E-state index contributed by atoms with van der Waals surface area (Å²) in [5, 5.41) is 3.34. The number of hydrogen-bond donors (Lipinski definition) is 2. The molecule has 0 aromatic heterocycles. The highest BCUT2D eigenvalue weighted by molar-refractivity contribution is 14.1. The maximum atomic E-state index is 15.2. The van der Waals surface area contributed by atoms with E-state index in [1.54, 1.807) is 12.1 Å². The third kappa shape index (κ3) is 3.83. The van der Waals surface area contributed by atoms with E-state index in [0.29, 0.717) is 24.1 Å². The van der Waals surface area contributed by atoms with Gasteiger partial charge in [-0.2, -0.15) is 0 Å². The normalized spacial score (nSPS) is 24.4. The fraction of sp³-hybridized carbons (Fsp3) is 0.400. The van der Waals surface area contributed by atoms with Crippen LogP contribution < -0.4 is 10.0 Å². The van der Waals surface area contributed by atoms with Crippen LogP contribution in [0.25, 0.3) is 11.1 Å². The average molecular weight is 518 g/mol. The zero-order valence-electron chi connectivity index (χ0n) is 15.0. The molecule has 2 aromatic rings. The summed E-state index contributed by atoms with van der Waals surface area (Å²) in [7, 11) is -4.06. The molecule has 0 bridgehead atoms. The van der Waals surface area contributed by atoms with Crippen molar-refractivity contribution < 1.29 is 17.2 Å². The molecule has 3 atom stereocenters. The lowest BCUT2D eigenvalue weighted by Crippen LogP contribution is -2.49. The van der Waals surface area contributed by atoms with Crippen molar-refractivity contribution in [3.63, 3.8) is 0 Å². The molecule has 1 saturated carbocycles. The van der Waals surface area contributed by atoms with Gasteiger partial charge in [0, 0.05) is 29.6 Å². The zero-order valence-corrected chi connectivity index (χ0v) is 18.0. The Kier molecular flexibility index (Phi) is 5.49. The summed E-state index contributed by atoms with van der Waals surface area (Å²) in [5.74, 6) is -0.300. The first-order valence-corrected chi connectivity index (χ1v) is 12.0. The molecule has 1 aliphatic carbocycles. The first kappa shape index (κ1) is 20.2. The van der Waals surface area contributed by atoms with E-state index in [-0.39, 0.29) is 17.3 Å². The second-order valence-corrected chi connectivity index (χ2v) is 11.3. The first-order chi connectivity index (χ1) is 13.3. The van der Waals surface area contributed by atoms with Gasteiger partial charge in [-0.1, -0.05) is 48.5 Å². The molecule has 2 N–H and O–H groups in total. The molecule has 8 heteroatoms. The number of rotatable bonds is 6. The molecule has 1 spiro atoms. The van der Waals surface area contributed by atoms with E-state index in [2.05, 4.69) is 10.0 Å². The van der Waals surface area contributed by atoms with Gasteiger partial charge in [0.05, 0.1) is 0 Å². The largest absolute Gasteiger partial charge is 0.311 e. The van der Waals surface area contributed by atoms with Crippen LogP contribution in [0.4, 0.5) is 8.78 Å². The van der Waals surface area contributed by atoms with Gasteiger partial charge in [-0.05, 0) is 53.0 Å². The maximum Gasteiger partial charge on any atom is 0.264 e. The van der Waals surface area contributed by atoms with E-state index in [1.165, 1.54) is 22.6 Å². The fourth-order valence-electron chi connectivity index (χ4n) is 4.08. The van der Waals surface area contributed by atoms with Crippen LogP contribution >= 0.6 is 22.6 Å². The van der Waals surface area contributed by atoms with Crippen LogP contribution in [0.5, 0.6) is 0 Å². The lowest BCUT2D eigenvalue weighted by Gasteiger charge is -2.25. The summed E-state index contributed by atoms with van der Waals surface area (Å²) in [6.07, 6.45) is 2.10. The van der Waals surface area contributed by atoms with Crippen LogP contribution in [-0.2, 0) is 16.4 Å². The maximum absolute atomic E-state index is 15.2. The minimum atomic E-state index is -4.06. The van der Waals surface area contributed by atoms with Crippen LogP contribution in [0.3, 0.4) is 0 Å². The predicted molar refractivity (Wildman–Crippen MR) is 114 cm³/mol. The third-order valence-electron chi connectivity index (χ3n) is 5.80. The number of hydrogen-bond acceptors (Lipinski definition) is 3. The molecule has 1 unspecified atom stereocenters. The Balaban J connectivity index is 1.60. The van der Waals surface area contributed by atoms with Gasteiger partial charge < -0.3 is 5.32 Å². The summed E-state index contributed by atoms with van der Waals surface area (Å²) in [6.45, 7) is 0.656. The Bertz CT molecular complexity index is 965. The topological polar surface area (TPSA) is 58.2 Å². The summed E-state index contributed by atoms with van der Waals surface area (Å²) >= 11 is 1.25. The Labute approximate surface area is 177 Å². The predicted octanol–water partition coefficient (Wildman–Crippen LogP) is 3.76. The van der Waals surface area contributed by atoms with Crippen molar-refractivity contribution in [1.82, 2.24) is 10.0 Å². The molecule has 0 amide bonds. The molecule has 1 aliphatic heterocycles. The lowest BCUT2D eigenvalue weighted by atomic mass is 9.91. The minimum absolute atomic E-state index is 0.184. The van der Waals surface area contributed by atoms with Crippen molar-refractivity contribution in [2.45, 2.75) is 34.9 Å². The minimum Gasteiger partial charge on any atom is -0.311 e. The smallest absolute Gasteiger partial charge is 0.264 e. The van der Waals surface area contributed by atoms with Crippen LogP contribution in [-0.4, -0.2) is 30.6 Å². The quantitative estimate of drug-likeness (QED) is 0.453. The van der Waals surface area contributed by atoms with Gasteiger partial charge in [0.25, 0.3) is 13.5 Å². The first-order valence-electron chi connectivity index (χ1n) is 9.18. The molecule has 2 aromatic carbocycles. The highest BCUT2D eigenvalue weighted by Gasteiger charge is 2.57. The number of nitrogens with one attached hydrogen (secondary N) is 2. The number of alkyl halides is 2. The number of halogens is 3. The SMILES string of the molecule is O=S(=O)(N[C@@H]1[C@H](Cc2cccc(-c3ccccc3)c2F)NCC12CC2)C(F)I. The van der Waals surface area contributed by atoms with Crippen LogP contribution in [0.15, 0.2) is 48.5 Å². The summed E-state index contributed by atoms with van der Waals surface area (Å²) in [4.78, 5) is 0. The summed E-state index contributed by atoms with van der Waals surface area (Å²) in [5.41, 5.74) is 1.65. The molecule has 4 nitrogen and oxygen atoms in total. The van der Waals surface area contributed by atoms with Crippen LogP contribution in [0.2, 0.25) is 0 Å². The molecule has 150 valence electrons. The highest BCUT2D eigenvalue weighted by Crippen LogP contribution is 2.52. The van der Waals surface area contributed by atoms with Gasteiger partial charge in [-0.3, -0.25) is 0 Å². The van der Waals surface area contributed by atoms with Crippen molar-refractivity contribution in [1.29, 1.82) is 0 Å². The molecular formula is C20H21F2IN2O2S. The Morgan fingerprint density at radius 2 is 1.89 bits per heavy atom. The Hall–Kier alpha value is -1.10.